The lowest BCUT2D eigenvalue weighted by atomic mass is 9.66. The van der Waals surface area contributed by atoms with Crippen molar-refractivity contribution in [2.24, 2.45) is 28.9 Å². The molecule has 2 heteroatoms. The molecule has 1 saturated heterocycles. The summed E-state index contributed by atoms with van der Waals surface area (Å²) in [6, 6.07) is 0. The van der Waals surface area contributed by atoms with Crippen LogP contribution in [0, 0.1) is 23.2 Å². The fourth-order valence-electron chi connectivity index (χ4n) is 4.72. The van der Waals surface area contributed by atoms with Gasteiger partial charge in [0.1, 0.15) is 0 Å². The highest BCUT2D eigenvalue weighted by Gasteiger charge is 2.43. The van der Waals surface area contributed by atoms with E-state index in [1.807, 2.05) is 0 Å². The minimum absolute atomic E-state index is 0.310. The Kier molecular flexibility index (Phi) is 4.86. The third kappa shape index (κ3) is 3.39. The van der Waals surface area contributed by atoms with E-state index in [1.165, 1.54) is 45.2 Å². The van der Waals surface area contributed by atoms with Crippen molar-refractivity contribution in [3.63, 3.8) is 0 Å². The normalized spacial score (nSPS) is 40.8. The van der Waals surface area contributed by atoms with Gasteiger partial charge in [0.05, 0.1) is 0 Å². The predicted octanol–water partition coefficient (Wildman–Crippen LogP) is 3.90. The third-order valence-electron chi connectivity index (χ3n) is 6.06. The molecule has 0 aromatic carbocycles. The van der Waals surface area contributed by atoms with Crippen LogP contribution in [0.3, 0.4) is 0 Å². The second-order valence-corrected chi connectivity index (χ2v) is 8.92. The standard InChI is InChI=1S/C18H36N2/c1-14-10-15(2)12-20(11-14)18(13-19)8-6-16(7-9-18)17(3,4)5/h14-16H,6-13,19H2,1-5H3. The largest absolute Gasteiger partial charge is 0.329 e. The molecule has 1 saturated carbocycles. The zero-order valence-electron chi connectivity index (χ0n) is 14.4. The van der Waals surface area contributed by atoms with E-state index in [9.17, 15) is 0 Å². The van der Waals surface area contributed by atoms with Crippen LogP contribution >= 0.6 is 0 Å². The highest BCUT2D eigenvalue weighted by molar-refractivity contribution is 4.99. The number of nitrogens with two attached hydrogens (primary N) is 1. The molecule has 1 aliphatic carbocycles. The number of hydrogen-bond acceptors (Lipinski definition) is 2. The van der Waals surface area contributed by atoms with Crippen molar-refractivity contribution in [3.8, 4) is 0 Å². The first-order chi connectivity index (χ1) is 9.27. The van der Waals surface area contributed by atoms with E-state index in [-0.39, 0.29) is 0 Å². The molecule has 2 aliphatic rings. The molecule has 2 unspecified atom stereocenters. The summed E-state index contributed by atoms with van der Waals surface area (Å²) >= 11 is 0. The van der Waals surface area contributed by atoms with Gasteiger partial charge in [-0.15, -0.1) is 0 Å². The fraction of sp³-hybridized carbons (Fsp3) is 1.00. The average molecular weight is 280 g/mol. The van der Waals surface area contributed by atoms with Crippen LogP contribution < -0.4 is 5.73 Å². The summed E-state index contributed by atoms with van der Waals surface area (Å²) in [5, 5.41) is 0. The van der Waals surface area contributed by atoms with Gasteiger partial charge in [0.25, 0.3) is 0 Å². The van der Waals surface area contributed by atoms with E-state index in [4.69, 9.17) is 5.73 Å². The SMILES string of the molecule is CC1CC(C)CN(C2(CN)CCC(C(C)(C)C)CC2)C1. The van der Waals surface area contributed by atoms with E-state index >= 15 is 0 Å². The second-order valence-electron chi connectivity index (χ2n) is 8.92. The Labute approximate surface area is 126 Å². The van der Waals surface area contributed by atoms with Crippen LogP contribution in [0.25, 0.3) is 0 Å². The maximum atomic E-state index is 6.27. The summed E-state index contributed by atoms with van der Waals surface area (Å²) in [6.45, 7) is 15.4. The Bertz CT molecular complexity index is 300. The van der Waals surface area contributed by atoms with Crippen LogP contribution in [-0.2, 0) is 0 Å². The van der Waals surface area contributed by atoms with Crippen molar-refractivity contribution in [3.05, 3.63) is 0 Å². The number of piperidine rings is 1. The summed E-state index contributed by atoms with van der Waals surface area (Å²) in [6.07, 6.45) is 6.73. The molecule has 0 aromatic heterocycles. The monoisotopic (exact) mass is 280 g/mol. The molecule has 0 spiro atoms. The molecule has 2 nitrogen and oxygen atoms in total. The van der Waals surface area contributed by atoms with Crippen molar-refractivity contribution in [2.75, 3.05) is 19.6 Å². The molecule has 118 valence electrons. The number of nitrogens with zero attached hydrogens (tertiary/aromatic N) is 1. The quantitative estimate of drug-likeness (QED) is 0.831. The molecule has 0 bridgehead atoms. The van der Waals surface area contributed by atoms with Crippen LogP contribution in [-0.4, -0.2) is 30.1 Å². The van der Waals surface area contributed by atoms with E-state index in [1.54, 1.807) is 0 Å². The van der Waals surface area contributed by atoms with Gasteiger partial charge in [0.15, 0.2) is 0 Å². The first-order valence-electron chi connectivity index (χ1n) is 8.72. The Morgan fingerprint density at radius 1 is 1.05 bits per heavy atom. The molecule has 1 aliphatic heterocycles. The van der Waals surface area contributed by atoms with Crippen molar-refractivity contribution in [1.82, 2.24) is 4.90 Å². The van der Waals surface area contributed by atoms with Gasteiger partial charge in [0.2, 0.25) is 0 Å². The van der Waals surface area contributed by atoms with E-state index < -0.39 is 0 Å². The summed E-state index contributed by atoms with van der Waals surface area (Å²) < 4.78 is 0. The molecular weight excluding hydrogens is 244 g/mol. The van der Waals surface area contributed by atoms with Gasteiger partial charge >= 0.3 is 0 Å². The van der Waals surface area contributed by atoms with E-state index in [0.29, 0.717) is 11.0 Å². The molecule has 2 rings (SSSR count). The first-order valence-corrected chi connectivity index (χ1v) is 8.72. The molecule has 0 amide bonds. The van der Waals surface area contributed by atoms with Crippen LogP contribution in [0.15, 0.2) is 0 Å². The molecular formula is C18H36N2. The molecule has 2 N–H and O–H groups in total. The smallest absolute Gasteiger partial charge is 0.0332 e. The topological polar surface area (TPSA) is 29.3 Å². The van der Waals surface area contributed by atoms with Crippen LogP contribution in [0.5, 0.6) is 0 Å². The number of hydrogen-bond donors (Lipinski definition) is 1. The Hall–Kier alpha value is -0.0800. The molecule has 1 heterocycles. The summed E-state index contributed by atoms with van der Waals surface area (Å²) in [5.41, 5.74) is 7.04. The highest BCUT2D eigenvalue weighted by Crippen LogP contribution is 2.44. The maximum Gasteiger partial charge on any atom is 0.0332 e. The van der Waals surface area contributed by atoms with Gasteiger partial charge in [-0.3, -0.25) is 4.90 Å². The lowest BCUT2D eigenvalue weighted by Crippen LogP contribution is -2.59. The first kappa shape index (κ1) is 16.3. The van der Waals surface area contributed by atoms with Gasteiger partial charge in [-0.2, -0.15) is 0 Å². The molecule has 2 fully saturated rings. The van der Waals surface area contributed by atoms with Crippen molar-refractivity contribution < 1.29 is 0 Å². The summed E-state index contributed by atoms with van der Waals surface area (Å²) in [5.74, 6) is 2.55. The average Bonchev–Trinajstić information content (AvgIpc) is 2.36. The summed E-state index contributed by atoms with van der Waals surface area (Å²) in [7, 11) is 0. The van der Waals surface area contributed by atoms with Crippen molar-refractivity contribution in [2.45, 2.75) is 72.3 Å². The molecule has 2 atom stereocenters. The zero-order valence-corrected chi connectivity index (χ0v) is 14.4. The summed E-state index contributed by atoms with van der Waals surface area (Å²) in [4.78, 5) is 2.77. The number of likely N-dealkylation sites (tertiary alicyclic amines) is 1. The highest BCUT2D eigenvalue weighted by atomic mass is 15.2. The van der Waals surface area contributed by atoms with Crippen LogP contribution in [0.4, 0.5) is 0 Å². The molecule has 0 aromatic rings. The third-order valence-corrected chi connectivity index (χ3v) is 6.06. The second kappa shape index (κ2) is 5.96. The minimum atomic E-state index is 0.310. The van der Waals surface area contributed by atoms with E-state index in [0.717, 1.165) is 24.3 Å². The predicted molar refractivity (Wildman–Crippen MR) is 87.7 cm³/mol. The Morgan fingerprint density at radius 3 is 1.95 bits per heavy atom. The van der Waals surface area contributed by atoms with Gasteiger partial charge in [0, 0.05) is 25.2 Å². The lowest BCUT2D eigenvalue weighted by Gasteiger charge is -2.52. The maximum absolute atomic E-state index is 6.27. The van der Waals surface area contributed by atoms with Crippen LogP contribution in [0.1, 0.15) is 66.7 Å². The fourth-order valence-corrected chi connectivity index (χ4v) is 4.72. The minimum Gasteiger partial charge on any atom is -0.329 e. The Morgan fingerprint density at radius 2 is 1.55 bits per heavy atom. The van der Waals surface area contributed by atoms with Crippen LogP contribution in [0.2, 0.25) is 0 Å². The van der Waals surface area contributed by atoms with Gasteiger partial charge < -0.3 is 5.73 Å². The lowest BCUT2D eigenvalue weighted by molar-refractivity contribution is -0.0162. The van der Waals surface area contributed by atoms with Gasteiger partial charge in [-0.05, 0) is 55.3 Å². The van der Waals surface area contributed by atoms with E-state index in [2.05, 4.69) is 39.5 Å². The molecule has 20 heavy (non-hydrogen) atoms. The van der Waals surface area contributed by atoms with Gasteiger partial charge in [-0.1, -0.05) is 34.6 Å². The zero-order chi connectivity index (χ0) is 15.0. The number of rotatable bonds is 2. The van der Waals surface area contributed by atoms with Crippen molar-refractivity contribution >= 4 is 0 Å². The Balaban J connectivity index is 2.04. The molecule has 0 radical (unpaired) electrons. The van der Waals surface area contributed by atoms with Gasteiger partial charge in [-0.25, -0.2) is 0 Å². The van der Waals surface area contributed by atoms with Crippen molar-refractivity contribution in [1.29, 1.82) is 0 Å².